The minimum Gasteiger partial charge on any atom is -0.376 e. The fraction of sp³-hybridized carbons (Fsp3) is 0.700. The van der Waals surface area contributed by atoms with Crippen LogP contribution < -0.4 is 5.32 Å². The van der Waals surface area contributed by atoms with Crippen molar-refractivity contribution >= 4 is 6.34 Å². The molecule has 2 heterocycles. The first-order valence-corrected chi connectivity index (χ1v) is 5.44. The van der Waals surface area contributed by atoms with Gasteiger partial charge in [0.1, 0.15) is 0 Å². The van der Waals surface area contributed by atoms with E-state index < -0.39 is 0 Å². The van der Waals surface area contributed by atoms with Crippen LogP contribution >= 0.6 is 0 Å². The van der Waals surface area contributed by atoms with Crippen LogP contribution in [-0.4, -0.2) is 29.6 Å². The molecular formula is C10H16N4O. The Bertz CT molecular complexity index is 334. The lowest BCUT2D eigenvalue weighted by Crippen LogP contribution is -2.27. The van der Waals surface area contributed by atoms with Crippen molar-refractivity contribution in [1.29, 1.82) is 0 Å². The molecule has 1 unspecified atom stereocenters. The molecular weight excluding hydrogens is 192 g/mol. The Hall–Kier alpha value is -1.39. The maximum atomic E-state index is 5.23. The van der Waals surface area contributed by atoms with Crippen LogP contribution in [0.3, 0.4) is 0 Å². The molecule has 2 rings (SSSR count). The Balaban J connectivity index is 1.96. The molecule has 0 fully saturated rings. The largest absolute Gasteiger partial charge is 0.376 e. The van der Waals surface area contributed by atoms with Crippen molar-refractivity contribution < 1.29 is 4.52 Å². The molecule has 0 bridgehead atoms. The number of hydrogen-bond acceptors (Lipinski definition) is 5. The van der Waals surface area contributed by atoms with Gasteiger partial charge in [-0.05, 0) is 6.42 Å². The standard InChI is InChI=1S/C10H16N4O/c1-2-3-4-9-13-10(15-14-9)8-5-11-7-12-6-8/h7-8H,2-6H2,1H3,(H,11,12). The van der Waals surface area contributed by atoms with Crippen molar-refractivity contribution in [3.05, 3.63) is 11.7 Å². The van der Waals surface area contributed by atoms with Gasteiger partial charge in [0.05, 0.1) is 18.8 Å². The van der Waals surface area contributed by atoms with E-state index in [0.717, 1.165) is 38.2 Å². The van der Waals surface area contributed by atoms with Gasteiger partial charge in [0, 0.05) is 13.0 Å². The van der Waals surface area contributed by atoms with E-state index in [1.165, 1.54) is 0 Å². The molecule has 1 N–H and O–H groups in total. The molecule has 15 heavy (non-hydrogen) atoms. The highest BCUT2D eigenvalue weighted by Gasteiger charge is 2.19. The summed E-state index contributed by atoms with van der Waals surface area (Å²) in [5.74, 6) is 1.77. The van der Waals surface area contributed by atoms with E-state index in [0.29, 0.717) is 5.89 Å². The predicted molar refractivity (Wildman–Crippen MR) is 57.0 cm³/mol. The second-order valence-corrected chi connectivity index (χ2v) is 3.75. The molecule has 1 aliphatic rings. The van der Waals surface area contributed by atoms with Crippen LogP contribution in [-0.2, 0) is 6.42 Å². The van der Waals surface area contributed by atoms with Gasteiger partial charge >= 0.3 is 0 Å². The lowest BCUT2D eigenvalue weighted by atomic mass is 10.1. The Morgan fingerprint density at radius 1 is 1.60 bits per heavy atom. The molecule has 0 aromatic carbocycles. The molecule has 82 valence electrons. The van der Waals surface area contributed by atoms with Crippen molar-refractivity contribution in [2.24, 2.45) is 4.99 Å². The second-order valence-electron chi connectivity index (χ2n) is 3.75. The zero-order valence-electron chi connectivity index (χ0n) is 8.94. The van der Waals surface area contributed by atoms with Gasteiger partial charge in [-0.25, -0.2) is 0 Å². The quantitative estimate of drug-likeness (QED) is 0.805. The van der Waals surface area contributed by atoms with Crippen molar-refractivity contribution in [1.82, 2.24) is 15.5 Å². The van der Waals surface area contributed by atoms with Crippen LogP contribution in [0.2, 0.25) is 0 Å². The zero-order chi connectivity index (χ0) is 10.5. The summed E-state index contributed by atoms with van der Waals surface area (Å²) in [6.07, 6.45) is 4.90. The number of aliphatic imine (C=N–C) groups is 1. The summed E-state index contributed by atoms with van der Waals surface area (Å²) >= 11 is 0. The average Bonchev–Trinajstić information content (AvgIpc) is 2.76. The van der Waals surface area contributed by atoms with E-state index in [1.54, 1.807) is 6.34 Å². The summed E-state index contributed by atoms with van der Waals surface area (Å²) in [6, 6.07) is 0. The van der Waals surface area contributed by atoms with Gasteiger partial charge in [0.25, 0.3) is 0 Å². The Morgan fingerprint density at radius 3 is 3.27 bits per heavy atom. The SMILES string of the molecule is CCCCc1noc(C2CN=CNC2)n1. The predicted octanol–water partition coefficient (Wildman–Crippen LogP) is 1.13. The number of aromatic nitrogens is 2. The lowest BCUT2D eigenvalue weighted by Gasteiger charge is -2.13. The number of unbranched alkanes of at least 4 members (excludes halogenated alkanes) is 1. The fourth-order valence-electron chi connectivity index (χ4n) is 1.54. The number of nitrogens with zero attached hydrogens (tertiary/aromatic N) is 3. The molecule has 0 saturated carbocycles. The molecule has 0 saturated heterocycles. The van der Waals surface area contributed by atoms with E-state index in [4.69, 9.17) is 4.52 Å². The van der Waals surface area contributed by atoms with Crippen LogP contribution in [0.15, 0.2) is 9.52 Å². The number of rotatable bonds is 4. The van der Waals surface area contributed by atoms with Crippen LogP contribution in [0, 0.1) is 0 Å². The van der Waals surface area contributed by atoms with E-state index in [9.17, 15) is 0 Å². The first-order chi connectivity index (χ1) is 7.40. The van der Waals surface area contributed by atoms with Gasteiger partial charge in [-0.15, -0.1) is 0 Å². The minimum absolute atomic E-state index is 0.234. The summed E-state index contributed by atoms with van der Waals surface area (Å²) in [5.41, 5.74) is 0. The molecule has 5 heteroatoms. The molecule has 1 aliphatic heterocycles. The smallest absolute Gasteiger partial charge is 0.233 e. The lowest BCUT2D eigenvalue weighted by molar-refractivity contribution is 0.347. The summed E-state index contributed by atoms with van der Waals surface area (Å²) in [7, 11) is 0. The highest BCUT2D eigenvalue weighted by atomic mass is 16.5. The Kier molecular flexibility index (Phi) is 3.32. The summed E-state index contributed by atoms with van der Waals surface area (Å²) in [6.45, 7) is 3.72. The monoisotopic (exact) mass is 208 g/mol. The highest BCUT2D eigenvalue weighted by molar-refractivity contribution is 5.55. The summed E-state index contributed by atoms with van der Waals surface area (Å²) in [4.78, 5) is 8.52. The van der Waals surface area contributed by atoms with Crippen molar-refractivity contribution in [3.8, 4) is 0 Å². The molecule has 1 aromatic rings. The van der Waals surface area contributed by atoms with Gasteiger partial charge < -0.3 is 9.84 Å². The molecule has 5 nitrogen and oxygen atoms in total. The number of aryl methyl sites for hydroxylation is 1. The third-order valence-electron chi connectivity index (χ3n) is 2.46. The van der Waals surface area contributed by atoms with E-state index in [2.05, 4.69) is 27.4 Å². The maximum Gasteiger partial charge on any atom is 0.233 e. The maximum absolute atomic E-state index is 5.23. The van der Waals surface area contributed by atoms with Crippen LogP contribution in [0.4, 0.5) is 0 Å². The van der Waals surface area contributed by atoms with E-state index in [-0.39, 0.29) is 5.92 Å². The highest BCUT2D eigenvalue weighted by Crippen LogP contribution is 2.15. The molecule has 1 aromatic heterocycles. The van der Waals surface area contributed by atoms with Gasteiger partial charge in [-0.3, -0.25) is 4.99 Å². The topological polar surface area (TPSA) is 63.3 Å². The van der Waals surface area contributed by atoms with Crippen molar-refractivity contribution in [2.75, 3.05) is 13.1 Å². The Labute approximate surface area is 89.0 Å². The van der Waals surface area contributed by atoms with E-state index in [1.807, 2.05) is 0 Å². The van der Waals surface area contributed by atoms with Crippen LogP contribution in [0.25, 0.3) is 0 Å². The molecule has 1 atom stereocenters. The van der Waals surface area contributed by atoms with E-state index >= 15 is 0 Å². The number of nitrogens with one attached hydrogen (secondary N) is 1. The Morgan fingerprint density at radius 2 is 2.53 bits per heavy atom. The molecule has 0 spiro atoms. The van der Waals surface area contributed by atoms with Gasteiger partial charge in [0.2, 0.25) is 5.89 Å². The molecule has 0 aliphatic carbocycles. The fourth-order valence-corrected chi connectivity index (χ4v) is 1.54. The first kappa shape index (κ1) is 10.1. The van der Waals surface area contributed by atoms with Crippen LogP contribution in [0.1, 0.15) is 37.4 Å². The molecule has 0 radical (unpaired) electrons. The van der Waals surface area contributed by atoms with Crippen LogP contribution in [0.5, 0.6) is 0 Å². The number of hydrogen-bond donors (Lipinski definition) is 1. The minimum atomic E-state index is 0.234. The van der Waals surface area contributed by atoms with Crippen molar-refractivity contribution in [3.63, 3.8) is 0 Å². The molecule has 0 amide bonds. The average molecular weight is 208 g/mol. The zero-order valence-corrected chi connectivity index (χ0v) is 8.94. The van der Waals surface area contributed by atoms with Gasteiger partial charge in [0.15, 0.2) is 5.82 Å². The van der Waals surface area contributed by atoms with Gasteiger partial charge in [-0.2, -0.15) is 4.98 Å². The third-order valence-corrected chi connectivity index (χ3v) is 2.46. The van der Waals surface area contributed by atoms with Gasteiger partial charge in [-0.1, -0.05) is 18.5 Å². The third kappa shape index (κ3) is 2.55. The second kappa shape index (κ2) is 4.91. The first-order valence-electron chi connectivity index (χ1n) is 5.44. The van der Waals surface area contributed by atoms with Crippen molar-refractivity contribution in [2.45, 2.75) is 32.1 Å². The summed E-state index contributed by atoms with van der Waals surface area (Å²) in [5, 5.41) is 7.03. The normalized spacial score (nSPS) is 20.2. The summed E-state index contributed by atoms with van der Waals surface area (Å²) < 4.78 is 5.23.